The minimum atomic E-state index is -0.281. The molecule has 3 heterocycles. The SMILES string of the molecule is N#CC(c1ccc(-n2cncn2)nc1)N1CCOCC1. The first-order valence-corrected chi connectivity index (χ1v) is 6.41. The van der Waals surface area contributed by atoms with Crippen molar-refractivity contribution < 1.29 is 4.74 Å². The molecule has 1 aliphatic heterocycles. The molecule has 0 N–H and O–H groups in total. The molecule has 2 aromatic rings. The second-order valence-electron chi connectivity index (χ2n) is 4.47. The molecule has 7 nitrogen and oxygen atoms in total. The number of nitrogens with zero attached hydrogens (tertiary/aromatic N) is 6. The number of nitriles is 1. The monoisotopic (exact) mass is 270 g/mol. The summed E-state index contributed by atoms with van der Waals surface area (Å²) in [4.78, 5) is 10.3. The Hall–Kier alpha value is -2.30. The van der Waals surface area contributed by atoms with Crippen LogP contribution in [0.4, 0.5) is 0 Å². The minimum absolute atomic E-state index is 0.281. The first-order valence-electron chi connectivity index (χ1n) is 6.41. The van der Waals surface area contributed by atoms with E-state index in [1.54, 1.807) is 17.2 Å². The van der Waals surface area contributed by atoms with Gasteiger partial charge < -0.3 is 4.74 Å². The fourth-order valence-corrected chi connectivity index (χ4v) is 2.22. The molecule has 102 valence electrons. The molecule has 0 amide bonds. The lowest BCUT2D eigenvalue weighted by Gasteiger charge is -2.30. The fraction of sp³-hybridized carbons (Fsp3) is 0.385. The molecule has 0 spiro atoms. The molecule has 1 fully saturated rings. The number of hydrogen-bond donors (Lipinski definition) is 0. The van der Waals surface area contributed by atoms with Gasteiger partial charge in [-0.1, -0.05) is 6.07 Å². The van der Waals surface area contributed by atoms with Gasteiger partial charge in [0.05, 0.1) is 19.3 Å². The first-order chi connectivity index (χ1) is 9.88. The van der Waals surface area contributed by atoms with Crippen molar-refractivity contribution in [2.24, 2.45) is 0 Å². The molecular weight excluding hydrogens is 256 g/mol. The Bertz CT molecular complexity index is 582. The molecule has 0 bridgehead atoms. The van der Waals surface area contributed by atoms with Crippen LogP contribution in [-0.2, 0) is 4.74 Å². The number of aromatic nitrogens is 4. The molecule has 0 aromatic carbocycles. The van der Waals surface area contributed by atoms with Crippen LogP contribution in [0.25, 0.3) is 5.82 Å². The summed E-state index contributed by atoms with van der Waals surface area (Å²) in [6.07, 6.45) is 4.77. The van der Waals surface area contributed by atoms with Crippen molar-refractivity contribution in [2.45, 2.75) is 6.04 Å². The summed E-state index contributed by atoms with van der Waals surface area (Å²) >= 11 is 0. The van der Waals surface area contributed by atoms with E-state index in [2.05, 4.69) is 26.0 Å². The van der Waals surface area contributed by atoms with Crippen LogP contribution < -0.4 is 0 Å². The van der Waals surface area contributed by atoms with Gasteiger partial charge in [0.25, 0.3) is 0 Å². The molecule has 1 aliphatic rings. The molecule has 1 unspecified atom stereocenters. The molecule has 1 saturated heterocycles. The zero-order valence-electron chi connectivity index (χ0n) is 10.9. The van der Waals surface area contributed by atoms with Gasteiger partial charge in [0, 0.05) is 24.8 Å². The third-order valence-corrected chi connectivity index (χ3v) is 3.27. The lowest BCUT2D eigenvalue weighted by atomic mass is 10.1. The highest BCUT2D eigenvalue weighted by Gasteiger charge is 2.22. The number of morpholine rings is 1. The Morgan fingerprint density at radius 1 is 1.30 bits per heavy atom. The predicted octanol–water partition coefficient (Wildman–Crippen LogP) is 0.559. The van der Waals surface area contributed by atoms with Crippen LogP contribution in [0.2, 0.25) is 0 Å². The van der Waals surface area contributed by atoms with Crippen LogP contribution in [0.15, 0.2) is 31.0 Å². The lowest BCUT2D eigenvalue weighted by molar-refractivity contribution is 0.0266. The van der Waals surface area contributed by atoms with Crippen LogP contribution in [0.5, 0.6) is 0 Å². The Labute approximate surface area is 116 Å². The summed E-state index contributed by atoms with van der Waals surface area (Å²) in [6.45, 7) is 2.87. The molecule has 2 aromatic heterocycles. The number of pyridine rings is 1. The van der Waals surface area contributed by atoms with E-state index in [9.17, 15) is 5.26 Å². The summed E-state index contributed by atoms with van der Waals surface area (Å²) in [6, 6.07) is 5.81. The second-order valence-corrected chi connectivity index (χ2v) is 4.47. The molecule has 0 aliphatic carbocycles. The van der Waals surface area contributed by atoms with Crippen LogP contribution in [0.1, 0.15) is 11.6 Å². The van der Waals surface area contributed by atoms with E-state index < -0.39 is 0 Å². The summed E-state index contributed by atoms with van der Waals surface area (Å²) in [7, 11) is 0. The van der Waals surface area contributed by atoms with E-state index in [0.29, 0.717) is 19.0 Å². The second kappa shape index (κ2) is 5.77. The molecule has 7 heteroatoms. The zero-order chi connectivity index (χ0) is 13.8. The number of ether oxygens (including phenoxy) is 1. The summed E-state index contributed by atoms with van der Waals surface area (Å²) in [5, 5.41) is 13.4. The van der Waals surface area contributed by atoms with Gasteiger partial charge in [-0.15, -0.1) is 0 Å². The number of rotatable bonds is 3. The smallest absolute Gasteiger partial charge is 0.155 e. The quantitative estimate of drug-likeness (QED) is 0.810. The maximum Gasteiger partial charge on any atom is 0.155 e. The Kier molecular flexibility index (Phi) is 3.67. The number of hydrogen-bond acceptors (Lipinski definition) is 6. The van der Waals surface area contributed by atoms with Gasteiger partial charge in [0.15, 0.2) is 5.82 Å². The highest BCUT2D eigenvalue weighted by molar-refractivity contribution is 5.28. The molecule has 0 radical (unpaired) electrons. The maximum absolute atomic E-state index is 9.40. The van der Waals surface area contributed by atoms with Crippen LogP contribution >= 0.6 is 0 Å². The zero-order valence-corrected chi connectivity index (χ0v) is 10.9. The fourth-order valence-electron chi connectivity index (χ4n) is 2.22. The lowest BCUT2D eigenvalue weighted by Crippen LogP contribution is -2.38. The minimum Gasteiger partial charge on any atom is -0.379 e. The third kappa shape index (κ3) is 2.52. The van der Waals surface area contributed by atoms with Crippen molar-refractivity contribution in [3.8, 4) is 11.9 Å². The highest BCUT2D eigenvalue weighted by Crippen LogP contribution is 2.20. The van der Waals surface area contributed by atoms with Gasteiger partial charge in [-0.05, 0) is 6.07 Å². The molecule has 1 atom stereocenters. The van der Waals surface area contributed by atoms with Gasteiger partial charge in [-0.2, -0.15) is 10.4 Å². The van der Waals surface area contributed by atoms with E-state index in [1.807, 2.05) is 12.1 Å². The van der Waals surface area contributed by atoms with Gasteiger partial charge >= 0.3 is 0 Å². The van der Waals surface area contributed by atoms with Crippen molar-refractivity contribution in [1.29, 1.82) is 5.26 Å². The molecular formula is C13H14N6O. The summed E-state index contributed by atoms with van der Waals surface area (Å²) in [5.74, 6) is 0.685. The molecule has 3 rings (SSSR count). The Balaban J connectivity index is 1.80. The van der Waals surface area contributed by atoms with Gasteiger partial charge in [0.2, 0.25) is 0 Å². The van der Waals surface area contributed by atoms with E-state index >= 15 is 0 Å². The Morgan fingerprint density at radius 3 is 2.75 bits per heavy atom. The van der Waals surface area contributed by atoms with Crippen molar-refractivity contribution in [3.05, 3.63) is 36.5 Å². The largest absolute Gasteiger partial charge is 0.379 e. The first kappa shape index (κ1) is 12.7. The highest BCUT2D eigenvalue weighted by atomic mass is 16.5. The topological polar surface area (TPSA) is 79.9 Å². The average molecular weight is 270 g/mol. The molecule has 0 saturated carbocycles. The van der Waals surface area contributed by atoms with Crippen molar-refractivity contribution in [2.75, 3.05) is 26.3 Å². The van der Waals surface area contributed by atoms with Gasteiger partial charge in [0.1, 0.15) is 18.7 Å². The van der Waals surface area contributed by atoms with Crippen LogP contribution in [0.3, 0.4) is 0 Å². The van der Waals surface area contributed by atoms with Crippen molar-refractivity contribution in [1.82, 2.24) is 24.6 Å². The standard InChI is InChI=1S/C13H14N6O/c14-7-12(18-3-5-20-6-4-18)11-1-2-13(16-8-11)19-10-15-9-17-19/h1-2,8-10,12H,3-6H2. The van der Waals surface area contributed by atoms with E-state index in [1.165, 1.54) is 6.33 Å². The normalized spacial score (nSPS) is 17.6. The van der Waals surface area contributed by atoms with Crippen LogP contribution in [-0.4, -0.2) is 51.0 Å². The summed E-state index contributed by atoms with van der Waals surface area (Å²) in [5.41, 5.74) is 0.887. The predicted molar refractivity (Wildman–Crippen MR) is 69.9 cm³/mol. The van der Waals surface area contributed by atoms with Gasteiger partial charge in [-0.25, -0.2) is 14.6 Å². The molecule has 20 heavy (non-hydrogen) atoms. The van der Waals surface area contributed by atoms with E-state index in [4.69, 9.17) is 4.74 Å². The third-order valence-electron chi connectivity index (χ3n) is 3.27. The summed E-state index contributed by atoms with van der Waals surface area (Å²) < 4.78 is 6.90. The van der Waals surface area contributed by atoms with Gasteiger partial charge in [-0.3, -0.25) is 4.90 Å². The van der Waals surface area contributed by atoms with Crippen molar-refractivity contribution >= 4 is 0 Å². The maximum atomic E-state index is 9.40. The average Bonchev–Trinajstić information content (AvgIpc) is 3.04. The van der Waals surface area contributed by atoms with E-state index in [-0.39, 0.29) is 6.04 Å². The van der Waals surface area contributed by atoms with Crippen molar-refractivity contribution in [3.63, 3.8) is 0 Å². The van der Waals surface area contributed by atoms with E-state index in [0.717, 1.165) is 18.7 Å². The Morgan fingerprint density at radius 2 is 2.15 bits per heavy atom. The van der Waals surface area contributed by atoms with Crippen LogP contribution in [0, 0.1) is 11.3 Å².